The Balaban J connectivity index is 2.20. The Kier molecular flexibility index (Phi) is 3.65. The maximum absolute atomic E-state index is 13.6. The first-order chi connectivity index (χ1) is 9.49. The van der Waals surface area contributed by atoms with Crippen LogP contribution in [0.2, 0.25) is 0 Å². The quantitative estimate of drug-likeness (QED) is 0.553. The van der Waals surface area contributed by atoms with Crippen molar-refractivity contribution in [2.24, 2.45) is 0 Å². The highest BCUT2D eigenvalue weighted by Gasteiger charge is 2.29. The Hall–Kier alpha value is -0.830. The molecule has 1 fully saturated rings. The summed E-state index contributed by atoms with van der Waals surface area (Å²) in [6.07, 6.45) is 2.01. The van der Waals surface area contributed by atoms with Crippen LogP contribution in [0.15, 0.2) is 21.4 Å². The molecule has 0 amide bonds. The lowest BCUT2D eigenvalue weighted by Crippen LogP contribution is -2.16. The van der Waals surface area contributed by atoms with E-state index < -0.39 is 11.6 Å². The van der Waals surface area contributed by atoms with E-state index in [1.807, 2.05) is 22.6 Å². The standard InChI is InChI=1S/C13H8BrF2IN2O/c14-8-6(3-4-7(15)9(8)16)12-18-11(5-1-2-5)10(17)13(20)19-12/h3-5H,1-2H2,(H,18,19,20). The first-order valence-electron chi connectivity index (χ1n) is 5.92. The van der Waals surface area contributed by atoms with E-state index in [1.54, 1.807) is 0 Å². The summed E-state index contributed by atoms with van der Waals surface area (Å²) < 4.78 is 27.2. The van der Waals surface area contributed by atoms with Gasteiger partial charge in [0, 0.05) is 11.5 Å². The van der Waals surface area contributed by atoms with Gasteiger partial charge < -0.3 is 4.98 Å². The van der Waals surface area contributed by atoms with Gasteiger partial charge in [0.2, 0.25) is 0 Å². The Morgan fingerprint density at radius 1 is 1.35 bits per heavy atom. The first kappa shape index (κ1) is 14.1. The lowest BCUT2D eigenvalue weighted by atomic mass is 10.2. The molecule has 0 saturated heterocycles. The second-order valence-electron chi connectivity index (χ2n) is 4.61. The van der Waals surface area contributed by atoms with Crippen LogP contribution in [-0.2, 0) is 0 Å². The molecular weight excluding hydrogens is 445 g/mol. The Labute approximate surface area is 135 Å². The van der Waals surface area contributed by atoms with Crippen molar-refractivity contribution in [3.8, 4) is 11.4 Å². The number of rotatable bonds is 2. The van der Waals surface area contributed by atoms with Crippen LogP contribution >= 0.6 is 38.5 Å². The molecule has 3 rings (SSSR count). The van der Waals surface area contributed by atoms with Gasteiger partial charge in [-0.3, -0.25) is 4.79 Å². The van der Waals surface area contributed by atoms with Crippen molar-refractivity contribution < 1.29 is 8.78 Å². The number of benzene rings is 1. The third kappa shape index (κ3) is 2.41. The fourth-order valence-corrected chi connectivity index (χ4v) is 3.15. The summed E-state index contributed by atoms with van der Waals surface area (Å²) >= 11 is 4.97. The average Bonchev–Trinajstić information content (AvgIpc) is 3.24. The van der Waals surface area contributed by atoms with E-state index in [2.05, 4.69) is 25.9 Å². The van der Waals surface area contributed by atoms with Gasteiger partial charge in [0.25, 0.3) is 5.56 Å². The van der Waals surface area contributed by atoms with Crippen LogP contribution in [0.5, 0.6) is 0 Å². The number of aromatic amines is 1. The molecule has 0 atom stereocenters. The highest BCUT2D eigenvalue weighted by Crippen LogP contribution is 2.41. The minimum absolute atomic E-state index is 0.0383. The van der Waals surface area contributed by atoms with Crippen molar-refractivity contribution in [2.45, 2.75) is 18.8 Å². The summed E-state index contributed by atoms with van der Waals surface area (Å²) in [6, 6.07) is 2.41. The summed E-state index contributed by atoms with van der Waals surface area (Å²) in [5.41, 5.74) is 0.814. The first-order valence-corrected chi connectivity index (χ1v) is 7.79. The predicted molar refractivity (Wildman–Crippen MR) is 82.6 cm³/mol. The van der Waals surface area contributed by atoms with Crippen molar-refractivity contribution in [1.29, 1.82) is 0 Å². The van der Waals surface area contributed by atoms with Gasteiger partial charge in [-0.1, -0.05) is 0 Å². The van der Waals surface area contributed by atoms with Crippen molar-refractivity contribution >= 4 is 38.5 Å². The molecule has 0 bridgehead atoms. The second-order valence-corrected chi connectivity index (χ2v) is 6.48. The minimum atomic E-state index is -0.989. The molecule has 2 aromatic rings. The molecule has 104 valence electrons. The van der Waals surface area contributed by atoms with Gasteiger partial charge in [-0.15, -0.1) is 0 Å². The molecule has 3 nitrogen and oxygen atoms in total. The van der Waals surface area contributed by atoms with Crippen LogP contribution in [0.1, 0.15) is 24.5 Å². The molecule has 20 heavy (non-hydrogen) atoms. The second kappa shape index (κ2) is 5.18. The summed E-state index contributed by atoms with van der Waals surface area (Å²) in [4.78, 5) is 19.0. The monoisotopic (exact) mass is 452 g/mol. The number of halogens is 4. The van der Waals surface area contributed by atoms with Crippen molar-refractivity contribution in [1.82, 2.24) is 9.97 Å². The number of hydrogen-bond donors (Lipinski definition) is 1. The molecule has 0 radical (unpaired) electrons. The predicted octanol–water partition coefficient (Wildman–Crippen LogP) is 3.96. The highest BCUT2D eigenvalue weighted by molar-refractivity contribution is 14.1. The summed E-state index contributed by atoms with van der Waals surface area (Å²) in [6.45, 7) is 0. The van der Waals surface area contributed by atoms with Crippen LogP contribution in [0.25, 0.3) is 11.4 Å². The van der Waals surface area contributed by atoms with Crippen LogP contribution in [0, 0.1) is 15.2 Å². The van der Waals surface area contributed by atoms with E-state index >= 15 is 0 Å². The van der Waals surface area contributed by atoms with E-state index in [1.165, 1.54) is 6.07 Å². The number of nitrogens with zero attached hydrogens (tertiary/aromatic N) is 1. The van der Waals surface area contributed by atoms with Crippen molar-refractivity contribution in [2.75, 3.05) is 0 Å². The van der Waals surface area contributed by atoms with E-state index in [0.29, 0.717) is 15.1 Å². The van der Waals surface area contributed by atoms with E-state index in [0.717, 1.165) is 24.6 Å². The van der Waals surface area contributed by atoms with E-state index in [-0.39, 0.29) is 15.9 Å². The van der Waals surface area contributed by atoms with Gasteiger partial charge in [-0.2, -0.15) is 0 Å². The number of nitrogens with one attached hydrogen (secondary N) is 1. The average molecular weight is 453 g/mol. The minimum Gasteiger partial charge on any atom is -0.306 e. The molecule has 0 spiro atoms. The molecule has 1 aliphatic rings. The molecule has 1 saturated carbocycles. The SMILES string of the molecule is O=c1[nH]c(-c2ccc(F)c(F)c2Br)nc(C2CC2)c1I. The lowest BCUT2D eigenvalue weighted by molar-refractivity contribution is 0.504. The van der Waals surface area contributed by atoms with E-state index in [9.17, 15) is 13.6 Å². The number of hydrogen-bond acceptors (Lipinski definition) is 2. The van der Waals surface area contributed by atoms with Gasteiger partial charge >= 0.3 is 0 Å². The van der Waals surface area contributed by atoms with Gasteiger partial charge in [0.15, 0.2) is 11.6 Å². The van der Waals surface area contributed by atoms with E-state index in [4.69, 9.17) is 0 Å². The zero-order valence-corrected chi connectivity index (χ0v) is 13.8. The summed E-state index contributed by atoms with van der Waals surface area (Å²) in [7, 11) is 0. The Morgan fingerprint density at radius 2 is 2.05 bits per heavy atom. The fourth-order valence-electron chi connectivity index (χ4n) is 1.94. The number of aromatic nitrogens is 2. The topological polar surface area (TPSA) is 45.8 Å². The van der Waals surface area contributed by atoms with Gasteiger partial charge in [0.05, 0.1) is 13.7 Å². The zero-order valence-electron chi connectivity index (χ0n) is 10.0. The van der Waals surface area contributed by atoms with Gasteiger partial charge in [0.1, 0.15) is 5.82 Å². The normalized spacial score (nSPS) is 14.6. The molecule has 1 aliphatic carbocycles. The lowest BCUT2D eigenvalue weighted by Gasteiger charge is -2.08. The highest BCUT2D eigenvalue weighted by atomic mass is 127. The van der Waals surface area contributed by atoms with Crippen LogP contribution in [0.4, 0.5) is 8.78 Å². The van der Waals surface area contributed by atoms with Gasteiger partial charge in [-0.25, -0.2) is 13.8 Å². The van der Waals surface area contributed by atoms with Crippen LogP contribution in [-0.4, -0.2) is 9.97 Å². The number of H-pyrrole nitrogens is 1. The Bertz CT molecular complexity index is 759. The third-order valence-electron chi connectivity index (χ3n) is 3.14. The third-order valence-corrected chi connectivity index (χ3v) is 4.96. The molecule has 0 aliphatic heterocycles. The van der Waals surface area contributed by atoms with Crippen LogP contribution < -0.4 is 5.56 Å². The Morgan fingerprint density at radius 3 is 2.70 bits per heavy atom. The molecule has 1 heterocycles. The largest absolute Gasteiger partial charge is 0.306 e. The summed E-state index contributed by atoms with van der Waals surface area (Å²) in [5.74, 6) is -1.39. The maximum Gasteiger partial charge on any atom is 0.264 e. The summed E-state index contributed by atoms with van der Waals surface area (Å²) in [5, 5.41) is 0. The van der Waals surface area contributed by atoms with Crippen molar-refractivity contribution in [3.63, 3.8) is 0 Å². The molecule has 1 N–H and O–H groups in total. The zero-order chi connectivity index (χ0) is 14.4. The maximum atomic E-state index is 13.6. The fraction of sp³-hybridized carbons (Fsp3) is 0.231. The molecule has 1 aromatic heterocycles. The van der Waals surface area contributed by atoms with Crippen molar-refractivity contribution in [3.05, 3.63) is 47.9 Å². The molecular formula is C13H8BrF2IN2O. The van der Waals surface area contributed by atoms with Crippen LogP contribution in [0.3, 0.4) is 0 Å². The molecule has 7 heteroatoms. The van der Waals surface area contributed by atoms with Gasteiger partial charge in [-0.05, 0) is 63.5 Å². The molecule has 1 aromatic carbocycles. The smallest absolute Gasteiger partial charge is 0.264 e. The molecule has 0 unspecified atom stereocenters.